The van der Waals surface area contributed by atoms with Crippen LogP contribution in [0.25, 0.3) is 0 Å². The van der Waals surface area contributed by atoms with Crippen LogP contribution in [0.3, 0.4) is 0 Å². The molecular weight excluding hydrogens is 376 g/mol. The van der Waals surface area contributed by atoms with E-state index in [9.17, 15) is 37.6 Å². The van der Waals surface area contributed by atoms with Gasteiger partial charge < -0.3 is 15.2 Å². The van der Waals surface area contributed by atoms with Gasteiger partial charge in [0.15, 0.2) is 6.10 Å². The van der Waals surface area contributed by atoms with Crippen LogP contribution >= 0.6 is 0 Å². The summed E-state index contributed by atoms with van der Waals surface area (Å²) in [6.07, 6.45) is -6.76. The Morgan fingerprint density at radius 3 is 2.41 bits per heavy atom. The van der Waals surface area contributed by atoms with Crippen molar-refractivity contribution < 1.29 is 37.1 Å². The maximum absolute atomic E-state index is 12.9. The molecule has 2 aromatic carbocycles. The molecule has 0 saturated heterocycles. The summed E-state index contributed by atoms with van der Waals surface area (Å²) in [5, 5.41) is 22.4. The van der Waals surface area contributed by atoms with Crippen LogP contribution in [0.5, 0.6) is 5.75 Å². The summed E-state index contributed by atoms with van der Waals surface area (Å²) in [6, 6.07) is 6.59. The maximum atomic E-state index is 12.9. The van der Waals surface area contributed by atoms with Crippen molar-refractivity contribution in [2.45, 2.75) is 12.3 Å². The lowest BCUT2D eigenvalue weighted by Crippen LogP contribution is -2.33. The Hall–Kier alpha value is -3.21. The molecule has 0 saturated carbocycles. The summed E-state index contributed by atoms with van der Waals surface area (Å²) >= 11 is 0. The Morgan fingerprint density at radius 2 is 1.85 bits per heavy atom. The molecule has 0 aromatic heterocycles. The lowest BCUT2D eigenvalue weighted by atomic mass is 10.1. The van der Waals surface area contributed by atoms with Gasteiger partial charge in [0.2, 0.25) is 0 Å². The van der Waals surface area contributed by atoms with Crippen molar-refractivity contribution in [2.24, 2.45) is 0 Å². The molecule has 0 bridgehead atoms. The normalized spacial score (nSPS) is 12.3. The third kappa shape index (κ3) is 5.38. The van der Waals surface area contributed by atoms with Crippen molar-refractivity contribution in [1.82, 2.24) is 0 Å². The Morgan fingerprint density at radius 1 is 1.22 bits per heavy atom. The summed E-state index contributed by atoms with van der Waals surface area (Å²) < 4.78 is 56.5. The van der Waals surface area contributed by atoms with Gasteiger partial charge in [0, 0.05) is 11.8 Å². The third-order valence-electron chi connectivity index (χ3n) is 3.29. The van der Waals surface area contributed by atoms with E-state index in [2.05, 4.69) is 0 Å². The number of carbonyl (C=O) groups is 1. The van der Waals surface area contributed by atoms with Crippen molar-refractivity contribution in [1.29, 1.82) is 0 Å². The van der Waals surface area contributed by atoms with Crippen LogP contribution in [0.4, 0.5) is 28.9 Å². The van der Waals surface area contributed by atoms with E-state index in [-0.39, 0.29) is 5.75 Å². The largest absolute Gasteiger partial charge is 0.490 e. The van der Waals surface area contributed by atoms with Crippen LogP contribution in [-0.4, -0.2) is 28.6 Å². The number of nitrogens with zero attached hydrogens (tertiary/aromatic N) is 1. The van der Waals surface area contributed by atoms with Gasteiger partial charge in [-0.2, -0.15) is 13.2 Å². The fourth-order valence-corrected chi connectivity index (χ4v) is 2.01. The van der Waals surface area contributed by atoms with E-state index in [0.717, 1.165) is 18.2 Å². The van der Waals surface area contributed by atoms with Gasteiger partial charge in [-0.1, -0.05) is 0 Å². The van der Waals surface area contributed by atoms with E-state index < -0.39 is 52.5 Å². The van der Waals surface area contributed by atoms with E-state index >= 15 is 0 Å². The fraction of sp³-hybridized carbons (Fsp3) is 0.188. The van der Waals surface area contributed by atoms with E-state index in [1.807, 2.05) is 5.32 Å². The first-order valence-electron chi connectivity index (χ1n) is 7.31. The number of anilines is 1. The summed E-state index contributed by atoms with van der Waals surface area (Å²) in [5.74, 6) is -1.43. The molecule has 0 aliphatic rings. The zero-order chi connectivity index (χ0) is 20.2. The van der Waals surface area contributed by atoms with Crippen LogP contribution in [0.2, 0.25) is 0 Å². The highest BCUT2D eigenvalue weighted by atomic mass is 19.4. The summed E-state index contributed by atoms with van der Waals surface area (Å²) in [5.41, 5.74) is -3.10. The predicted octanol–water partition coefficient (Wildman–Crippen LogP) is 3.13. The number of halogens is 4. The average molecular weight is 388 g/mol. The second-order valence-corrected chi connectivity index (χ2v) is 5.26. The quantitative estimate of drug-likeness (QED) is 0.450. The van der Waals surface area contributed by atoms with Gasteiger partial charge in [0.1, 0.15) is 23.7 Å². The van der Waals surface area contributed by atoms with Crippen molar-refractivity contribution in [2.75, 3.05) is 11.9 Å². The fourth-order valence-electron chi connectivity index (χ4n) is 2.01. The highest BCUT2D eigenvalue weighted by Crippen LogP contribution is 2.37. The molecule has 144 valence electrons. The van der Waals surface area contributed by atoms with Gasteiger partial charge in [0.05, 0.1) is 4.92 Å². The van der Waals surface area contributed by atoms with Crippen molar-refractivity contribution >= 4 is 17.3 Å². The molecule has 7 nitrogen and oxygen atoms in total. The van der Waals surface area contributed by atoms with Gasteiger partial charge in [-0.25, -0.2) is 4.39 Å². The maximum Gasteiger partial charge on any atom is 0.423 e. The number of nitrogens with one attached hydrogen (secondary N) is 1. The molecule has 0 spiro atoms. The average Bonchev–Trinajstić information content (AvgIpc) is 2.60. The molecule has 0 heterocycles. The number of nitro benzene ring substituents is 1. The summed E-state index contributed by atoms with van der Waals surface area (Å²) in [6.45, 7) is -0.545. The lowest BCUT2D eigenvalue weighted by molar-refractivity contribution is -0.388. The Balaban J connectivity index is 2.05. The molecule has 0 aliphatic heterocycles. The molecule has 1 amide bonds. The number of carbonyl (C=O) groups excluding carboxylic acids is 1. The smallest absolute Gasteiger partial charge is 0.423 e. The molecule has 1 atom stereocenters. The number of benzene rings is 2. The number of amides is 1. The van der Waals surface area contributed by atoms with Crippen molar-refractivity contribution in [3.63, 3.8) is 0 Å². The minimum absolute atomic E-state index is 0.165. The van der Waals surface area contributed by atoms with Crippen LogP contribution in [0, 0.1) is 15.9 Å². The van der Waals surface area contributed by atoms with Gasteiger partial charge in [-0.05, 0) is 36.4 Å². The minimum atomic E-state index is -5.01. The van der Waals surface area contributed by atoms with E-state index in [1.54, 1.807) is 0 Å². The molecule has 11 heteroatoms. The second-order valence-electron chi connectivity index (χ2n) is 5.26. The molecule has 27 heavy (non-hydrogen) atoms. The first-order valence-corrected chi connectivity index (χ1v) is 7.31. The molecule has 2 rings (SSSR count). The van der Waals surface area contributed by atoms with E-state index in [1.165, 1.54) is 12.1 Å². The number of nitro groups is 1. The molecule has 0 unspecified atom stereocenters. The molecule has 0 aliphatic carbocycles. The SMILES string of the molecule is O=C(Nc1ccc([N+](=O)[O-])c(C(F)(F)F)c1)[C@@H](O)COc1ccc(F)cc1. The number of aliphatic hydroxyl groups is 1. The van der Waals surface area contributed by atoms with Crippen LogP contribution in [0.1, 0.15) is 5.56 Å². The van der Waals surface area contributed by atoms with E-state index in [0.29, 0.717) is 12.1 Å². The zero-order valence-corrected chi connectivity index (χ0v) is 13.4. The van der Waals surface area contributed by atoms with Gasteiger partial charge >= 0.3 is 6.18 Å². The Labute approximate surface area is 149 Å². The molecular formula is C16H12F4N2O5. The molecule has 0 fully saturated rings. The summed E-state index contributed by atoms with van der Waals surface area (Å²) in [4.78, 5) is 21.3. The lowest BCUT2D eigenvalue weighted by Gasteiger charge is -2.14. The highest BCUT2D eigenvalue weighted by molar-refractivity contribution is 5.94. The van der Waals surface area contributed by atoms with Crippen molar-refractivity contribution in [3.05, 3.63) is 64.0 Å². The molecule has 2 N–H and O–H groups in total. The topological polar surface area (TPSA) is 102 Å². The minimum Gasteiger partial charge on any atom is -0.490 e. The third-order valence-corrected chi connectivity index (χ3v) is 3.29. The number of ether oxygens (including phenoxy) is 1. The summed E-state index contributed by atoms with van der Waals surface area (Å²) in [7, 11) is 0. The standard InChI is InChI=1S/C16H12F4N2O5/c17-9-1-4-11(5-2-9)27-8-14(23)15(24)21-10-3-6-13(22(25)26)12(7-10)16(18,19)20/h1-7,14,23H,8H2,(H,21,24)/t14-/m0/s1. The van der Waals surface area contributed by atoms with Crippen molar-refractivity contribution in [3.8, 4) is 5.75 Å². The Kier molecular flexibility index (Phi) is 5.95. The Bertz CT molecular complexity index is 840. The predicted molar refractivity (Wildman–Crippen MR) is 84.6 cm³/mol. The van der Waals surface area contributed by atoms with Crippen LogP contribution in [-0.2, 0) is 11.0 Å². The van der Waals surface area contributed by atoms with Crippen LogP contribution in [0.15, 0.2) is 42.5 Å². The molecule has 0 radical (unpaired) electrons. The highest BCUT2D eigenvalue weighted by Gasteiger charge is 2.38. The monoisotopic (exact) mass is 388 g/mol. The molecule has 2 aromatic rings. The number of hydrogen-bond acceptors (Lipinski definition) is 5. The number of alkyl halides is 3. The number of hydrogen-bond donors (Lipinski definition) is 2. The van der Waals surface area contributed by atoms with Crippen LogP contribution < -0.4 is 10.1 Å². The number of aliphatic hydroxyl groups excluding tert-OH is 1. The van der Waals surface area contributed by atoms with Gasteiger partial charge in [-0.15, -0.1) is 0 Å². The van der Waals surface area contributed by atoms with Gasteiger partial charge in [-0.3, -0.25) is 14.9 Å². The first-order chi connectivity index (χ1) is 12.6. The number of rotatable bonds is 6. The van der Waals surface area contributed by atoms with Gasteiger partial charge in [0.25, 0.3) is 11.6 Å². The first kappa shape index (κ1) is 20.1. The second kappa shape index (κ2) is 7.99. The zero-order valence-electron chi connectivity index (χ0n) is 13.4. The van der Waals surface area contributed by atoms with E-state index in [4.69, 9.17) is 4.74 Å².